The Morgan fingerprint density at radius 2 is 1.73 bits per heavy atom. The molecule has 11 heteroatoms. The van der Waals surface area contributed by atoms with Crippen LogP contribution < -0.4 is 4.74 Å². The number of para-hydroxylation sites is 1. The lowest BCUT2D eigenvalue weighted by molar-refractivity contribution is -0.148. The summed E-state index contributed by atoms with van der Waals surface area (Å²) in [6, 6.07) is 10.0. The molecule has 7 nitrogen and oxygen atoms in total. The van der Waals surface area contributed by atoms with Gasteiger partial charge in [0.05, 0.1) is 29.1 Å². The van der Waals surface area contributed by atoms with E-state index < -0.39 is 50.9 Å². The molecule has 1 fully saturated rings. The van der Waals surface area contributed by atoms with Crippen LogP contribution in [0.2, 0.25) is 0 Å². The van der Waals surface area contributed by atoms with E-state index in [2.05, 4.69) is 0 Å². The van der Waals surface area contributed by atoms with Crippen molar-refractivity contribution in [3.05, 3.63) is 59.7 Å². The number of esters is 1. The Bertz CT molecular complexity index is 1120. The Morgan fingerprint density at radius 1 is 1.06 bits per heavy atom. The van der Waals surface area contributed by atoms with Crippen LogP contribution in [0.1, 0.15) is 28.8 Å². The van der Waals surface area contributed by atoms with Crippen molar-refractivity contribution in [1.29, 1.82) is 0 Å². The minimum atomic E-state index is -4.66. The van der Waals surface area contributed by atoms with Crippen LogP contribution in [0.4, 0.5) is 13.2 Å². The van der Waals surface area contributed by atoms with Gasteiger partial charge in [0.2, 0.25) is 15.8 Å². The first-order valence-corrected chi connectivity index (χ1v) is 11.5. The molecule has 3 rings (SSSR count). The Hall–Kier alpha value is -2.92. The van der Waals surface area contributed by atoms with E-state index in [1.54, 1.807) is 24.3 Å². The van der Waals surface area contributed by atoms with Crippen molar-refractivity contribution < 1.29 is 40.7 Å². The third-order valence-corrected chi connectivity index (χ3v) is 7.23. The first-order valence-electron chi connectivity index (χ1n) is 10.0. The SMILES string of the molecule is COc1ccccc1C(=O)COC(=O)C1CCN(S(=O)(=O)c2cccc(C(F)(F)F)c2)CC1. The Balaban J connectivity index is 1.58. The number of methoxy groups -OCH3 is 1. The maximum atomic E-state index is 12.9. The van der Waals surface area contributed by atoms with Gasteiger partial charge in [-0.3, -0.25) is 9.59 Å². The normalized spacial score (nSPS) is 15.8. The molecule has 0 saturated carbocycles. The summed E-state index contributed by atoms with van der Waals surface area (Å²) in [5, 5.41) is 0. The van der Waals surface area contributed by atoms with Crippen molar-refractivity contribution in [1.82, 2.24) is 4.31 Å². The van der Waals surface area contributed by atoms with Crippen molar-refractivity contribution in [2.45, 2.75) is 23.9 Å². The van der Waals surface area contributed by atoms with E-state index in [4.69, 9.17) is 9.47 Å². The Morgan fingerprint density at radius 3 is 2.36 bits per heavy atom. The molecule has 0 aromatic heterocycles. The summed E-state index contributed by atoms with van der Waals surface area (Å²) >= 11 is 0. The van der Waals surface area contributed by atoms with E-state index in [9.17, 15) is 31.2 Å². The van der Waals surface area contributed by atoms with Crippen LogP contribution in [0.3, 0.4) is 0 Å². The van der Waals surface area contributed by atoms with Crippen molar-refractivity contribution >= 4 is 21.8 Å². The molecule has 2 aromatic rings. The maximum absolute atomic E-state index is 12.9. The molecule has 0 amide bonds. The van der Waals surface area contributed by atoms with Gasteiger partial charge in [-0.05, 0) is 43.2 Å². The van der Waals surface area contributed by atoms with Crippen molar-refractivity contribution in [2.75, 3.05) is 26.8 Å². The minimum Gasteiger partial charge on any atom is -0.496 e. The van der Waals surface area contributed by atoms with E-state index in [1.165, 1.54) is 7.11 Å². The fourth-order valence-corrected chi connectivity index (χ4v) is 5.04. The first kappa shape index (κ1) is 24.7. The summed E-state index contributed by atoms with van der Waals surface area (Å²) in [6.07, 6.45) is -4.41. The van der Waals surface area contributed by atoms with Crippen molar-refractivity contribution in [3.8, 4) is 5.75 Å². The highest BCUT2D eigenvalue weighted by molar-refractivity contribution is 7.89. The quantitative estimate of drug-likeness (QED) is 0.440. The molecule has 1 saturated heterocycles. The van der Waals surface area contributed by atoms with Gasteiger partial charge in [-0.1, -0.05) is 18.2 Å². The van der Waals surface area contributed by atoms with Gasteiger partial charge in [-0.15, -0.1) is 0 Å². The lowest BCUT2D eigenvalue weighted by Gasteiger charge is -2.30. The van der Waals surface area contributed by atoms with Gasteiger partial charge in [-0.25, -0.2) is 8.42 Å². The number of ketones is 1. The molecule has 33 heavy (non-hydrogen) atoms. The summed E-state index contributed by atoms with van der Waals surface area (Å²) in [4.78, 5) is 24.2. The molecule has 2 aromatic carbocycles. The van der Waals surface area contributed by atoms with Gasteiger partial charge in [0.25, 0.3) is 0 Å². The van der Waals surface area contributed by atoms with Crippen LogP contribution >= 0.6 is 0 Å². The monoisotopic (exact) mass is 485 g/mol. The van der Waals surface area contributed by atoms with E-state index in [-0.39, 0.29) is 31.5 Å². The number of carbonyl (C=O) groups excluding carboxylic acids is 2. The zero-order valence-corrected chi connectivity index (χ0v) is 18.5. The number of rotatable bonds is 7. The standard InChI is InChI=1S/C22H22F3NO6S/c1-31-20-8-3-2-7-18(20)19(27)14-32-21(28)15-9-11-26(12-10-15)33(29,30)17-6-4-5-16(13-17)22(23,24)25/h2-8,13,15H,9-12,14H2,1H3. The topological polar surface area (TPSA) is 90.0 Å². The van der Waals surface area contributed by atoms with Crippen molar-refractivity contribution in [3.63, 3.8) is 0 Å². The first-order chi connectivity index (χ1) is 15.5. The lowest BCUT2D eigenvalue weighted by atomic mass is 9.98. The highest BCUT2D eigenvalue weighted by atomic mass is 32.2. The fraction of sp³-hybridized carbons (Fsp3) is 0.364. The molecule has 1 aliphatic heterocycles. The number of hydrogen-bond acceptors (Lipinski definition) is 6. The number of piperidine rings is 1. The van der Waals surface area contributed by atoms with Gasteiger partial charge >= 0.3 is 12.1 Å². The number of hydrogen-bond donors (Lipinski definition) is 0. The number of alkyl halides is 3. The summed E-state index contributed by atoms with van der Waals surface area (Å²) < 4.78 is 75.6. The number of nitrogens with zero attached hydrogens (tertiary/aromatic N) is 1. The second-order valence-electron chi connectivity index (χ2n) is 7.44. The molecule has 0 aliphatic carbocycles. The van der Waals surface area contributed by atoms with Gasteiger partial charge in [0, 0.05) is 13.1 Å². The number of carbonyl (C=O) groups is 2. The molecule has 0 bridgehead atoms. The van der Waals surface area contributed by atoms with Gasteiger partial charge in [-0.2, -0.15) is 17.5 Å². The molecule has 178 valence electrons. The number of benzene rings is 2. The van der Waals surface area contributed by atoms with E-state index >= 15 is 0 Å². The molecule has 0 atom stereocenters. The second-order valence-corrected chi connectivity index (χ2v) is 9.37. The second kappa shape index (κ2) is 9.92. The number of sulfonamides is 1. The van der Waals surface area contributed by atoms with Crippen molar-refractivity contribution in [2.24, 2.45) is 5.92 Å². The zero-order valence-electron chi connectivity index (χ0n) is 17.7. The summed E-state index contributed by atoms with van der Waals surface area (Å²) in [5.41, 5.74) is -0.781. The van der Waals surface area contributed by atoms with E-state index in [0.29, 0.717) is 11.8 Å². The third-order valence-electron chi connectivity index (χ3n) is 5.34. The minimum absolute atomic E-state index is 0.0567. The lowest BCUT2D eigenvalue weighted by Crippen LogP contribution is -2.40. The highest BCUT2D eigenvalue weighted by Gasteiger charge is 2.35. The molecule has 0 N–H and O–H groups in total. The number of ether oxygens (including phenoxy) is 2. The summed E-state index contributed by atoms with van der Waals surface area (Å²) in [5.74, 6) is -1.34. The van der Waals surface area contributed by atoms with Crippen LogP contribution in [0.15, 0.2) is 53.4 Å². The molecule has 1 aliphatic rings. The number of Topliss-reactive ketones (excluding diaryl/α,β-unsaturated/α-hetero) is 1. The number of halogens is 3. The average Bonchev–Trinajstić information content (AvgIpc) is 2.81. The molecular weight excluding hydrogens is 463 g/mol. The molecule has 1 heterocycles. The molecular formula is C22H22F3NO6S. The van der Waals surface area contributed by atoms with Crippen LogP contribution in [0, 0.1) is 5.92 Å². The van der Waals surface area contributed by atoms with Crippen LogP contribution in [0.25, 0.3) is 0 Å². The largest absolute Gasteiger partial charge is 0.496 e. The fourth-order valence-electron chi connectivity index (χ4n) is 3.52. The molecule has 0 radical (unpaired) electrons. The van der Waals surface area contributed by atoms with Crippen LogP contribution in [-0.2, 0) is 25.7 Å². The summed E-state index contributed by atoms with van der Waals surface area (Å²) in [7, 11) is -2.73. The highest BCUT2D eigenvalue weighted by Crippen LogP contribution is 2.32. The predicted octanol–water partition coefficient (Wildman–Crippen LogP) is 3.54. The summed E-state index contributed by atoms with van der Waals surface area (Å²) in [6.45, 7) is -0.598. The van der Waals surface area contributed by atoms with E-state index in [1.807, 2.05) is 0 Å². The van der Waals surface area contributed by atoms with Crippen LogP contribution in [0.5, 0.6) is 5.75 Å². The van der Waals surface area contributed by atoms with Gasteiger partial charge < -0.3 is 9.47 Å². The van der Waals surface area contributed by atoms with Gasteiger partial charge in [0.1, 0.15) is 5.75 Å². The smallest absolute Gasteiger partial charge is 0.416 e. The molecule has 0 spiro atoms. The Labute approximate surface area is 189 Å². The van der Waals surface area contributed by atoms with Gasteiger partial charge in [0.15, 0.2) is 6.61 Å². The Kier molecular flexibility index (Phi) is 7.43. The zero-order chi connectivity index (χ0) is 24.2. The third kappa shape index (κ3) is 5.72. The van der Waals surface area contributed by atoms with E-state index in [0.717, 1.165) is 22.5 Å². The maximum Gasteiger partial charge on any atom is 0.416 e. The van der Waals surface area contributed by atoms with Crippen LogP contribution in [-0.4, -0.2) is 51.3 Å². The predicted molar refractivity (Wildman–Crippen MR) is 111 cm³/mol. The molecule has 0 unspecified atom stereocenters. The average molecular weight is 485 g/mol.